The van der Waals surface area contributed by atoms with Crippen LogP contribution in [0.1, 0.15) is 11.1 Å². The van der Waals surface area contributed by atoms with E-state index in [1.54, 1.807) is 24.3 Å². The normalized spacial score (nSPS) is 12.8. The molecule has 0 heterocycles. The summed E-state index contributed by atoms with van der Waals surface area (Å²) in [4.78, 5) is 11.5. The summed E-state index contributed by atoms with van der Waals surface area (Å²) in [5.41, 5.74) is 1.49. The first-order valence-electron chi connectivity index (χ1n) is 6.73. The van der Waals surface area contributed by atoms with Gasteiger partial charge in [0.15, 0.2) is 0 Å². The number of hydrogen-bond acceptors (Lipinski definition) is 3. The Morgan fingerprint density at radius 2 is 1.45 bits per heavy atom. The predicted octanol–water partition coefficient (Wildman–Crippen LogP) is 2.48. The van der Waals surface area contributed by atoms with Crippen LogP contribution in [-0.2, 0) is 27.0 Å². The average molecular weight is 338 g/mol. The lowest BCUT2D eigenvalue weighted by molar-refractivity contribution is -0.113. The van der Waals surface area contributed by atoms with Gasteiger partial charge >= 0.3 is 0 Å². The molecule has 0 spiro atoms. The molecule has 0 aromatic heterocycles. The highest BCUT2D eigenvalue weighted by Gasteiger charge is 2.23. The average Bonchev–Trinajstić information content (AvgIpc) is 2.48. The smallest absolute Gasteiger partial charge is 0.239 e. The molecule has 0 bridgehead atoms. The van der Waals surface area contributed by atoms with Crippen molar-refractivity contribution in [2.45, 2.75) is 18.2 Å². The first-order chi connectivity index (χ1) is 10.5. The Bertz CT molecular complexity index is 718. The van der Waals surface area contributed by atoms with Crippen molar-refractivity contribution in [2.75, 3.05) is 0 Å². The van der Waals surface area contributed by atoms with E-state index in [0.29, 0.717) is 5.56 Å². The fourth-order valence-corrected chi connectivity index (χ4v) is 3.60. The van der Waals surface area contributed by atoms with Gasteiger partial charge in [0.25, 0.3) is 0 Å². The molecule has 0 amide bonds. The van der Waals surface area contributed by atoms with E-state index in [0.717, 1.165) is 5.56 Å². The first kappa shape index (κ1) is 16.7. The van der Waals surface area contributed by atoms with E-state index in [2.05, 4.69) is 4.72 Å². The van der Waals surface area contributed by atoms with Crippen LogP contribution in [-0.4, -0.2) is 19.7 Å². The third-order valence-electron chi connectivity index (χ3n) is 3.08. The molecule has 0 saturated heterocycles. The van der Waals surface area contributed by atoms with Gasteiger partial charge in [-0.25, -0.2) is 13.1 Å². The number of hydrogen-bond donors (Lipinski definition) is 1. The van der Waals surface area contributed by atoms with Crippen molar-refractivity contribution >= 4 is 26.9 Å². The summed E-state index contributed by atoms with van der Waals surface area (Å²) in [6, 6.07) is 16.9. The molecule has 6 heteroatoms. The number of rotatable bonds is 7. The Morgan fingerprint density at radius 3 is 1.95 bits per heavy atom. The summed E-state index contributed by atoms with van der Waals surface area (Å²) < 4.78 is 26.7. The van der Waals surface area contributed by atoms with Crippen LogP contribution in [0.5, 0.6) is 0 Å². The van der Waals surface area contributed by atoms with Crippen molar-refractivity contribution in [3.8, 4) is 0 Å². The zero-order chi connectivity index (χ0) is 16.0. The summed E-state index contributed by atoms with van der Waals surface area (Å²) in [5, 5.41) is -0.722. The Hall–Kier alpha value is -1.69. The summed E-state index contributed by atoms with van der Waals surface area (Å²) in [5.74, 6) is -0.191. The molecular weight excluding hydrogens is 322 g/mol. The maximum Gasteiger partial charge on any atom is 0.239 e. The Balaban J connectivity index is 2.08. The lowest BCUT2D eigenvalue weighted by Gasteiger charge is -2.15. The number of carbonyl (C=O) groups is 1. The Labute approximate surface area is 135 Å². The van der Waals surface area contributed by atoms with Crippen LogP contribution in [0.2, 0.25) is 0 Å². The maximum absolute atomic E-state index is 12.2. The van der Waals surface area contributed by atoms with Crippen LogP contribution >= 0.6 is 11.6 Å². The second kappa shape index (κ2) is 7.54. The second-order valence-electron chi connectivity index (χ2n) is 4.91. The van der Waals surface area contributed by atoms with Crippen molar-refractivity contribution in [2.24, 2.45) is 0 Å². The van der Waals surface area contributed by atoms with Gasteiger partial charge in [-0.2, -0.15) is 0 Å². The number of sulfonamides is 1. The van der Waals surface area contributed by atoms with E-state index in [-0.39, 0.29) is 12.2 Å². The molecule has 0 unspecified atom stereocenters. The van der Waals surface area contributed by atoms with Crippen LogP contribution in [0.15, 0.2) is 60.7 Å². The molecule has 2 rings (SSSR count). The van der Waals surface area contributed by atoms with Crippen LogP contribution in [0.25, 0.3) is 0 Å². The summed E-state index contributed by atoms with van der Waals surface area (Å²) in [6.07, 6.45) is 0.219. The molecule has 116 valence electrons. The van der Waals surface area contributed by atoms with Crippen LogP contribution < -0.4 is 4.72 Å². The zero-order valence-corrected chi connectivity index (χ0v) is 13.3. The molecule has 2 aromatic carbocycles. The molecule has 4 nitrogen and oxygen atoms in total. The molecule has 1 N–H and O–H groups in total. The molecule has 0 fully saturated rings. The van der Waals surface area contributed by atoms with Crippen LogP contribution in [0.3, 0.4) is 0 Å². The van der Waals surface area contributed by atoms with E-state index in [9.17, 15) is 13.2 Å². The van der Waals surface area contributed by atoms with Crippen molar-refractivity contribution in [1.82, 2.24) is 4.72 Å². The van der Waals surface area contributed by atoms with E-state index in [4.69, 9.17) is 11.6 Å². The van der Waals surface area contributed by atoms with E-state index in [1.807, 2.05) is 36.4 Å². The minimum atomic E-state index is -3.65. The van der Waals surface area contributed by atoms with Crippen molar-refractivity contribution in [3.05, 3.63) is 71.8 Å². The maximum atomic E-state index is 12.2. The van der Waals surface area contributed by atoms with Gasteiger partial charge in [0.2, 0.25) is 15.3 Å². The van der Waals surface area contributed by atoms with E-state index < -0.39 is 21.3 Å². The minimum absolute atomic E-state index is 0.191. The molecule has 22 heavy (non-hydrogen) atoms. The highest BCUT2D eigenvalue weighted by Crippen LogP contribution is 2.09. The van der Waals surface area contributed by atoms with Gasteiger partial charge in [-0.15, -0.1) is 0 Å². The van der Waals surface area contributed by atoms with Gasteiger partial charge in [-0.1, -0.05) is 60.7 Å². The van der Waals surface area contributed by atoms with E-state index >= 15 is 0 Å². The molecular formula is C16H16ClNO3S. The molecule has 0 aliphatic carbocycles. The fourth-order valence-electron chi connectivity index (χ4n) is 2.07. The first-order valence-corrected chi connectivity index (χ1v) is 8.76. The Morgan fingerprint density at radius 1 is 0.955 bits per heavy atom. The highest BCUT2D eigenvalue weighted by molar-refractivity contribution is 7.88. The highest BCUT2D eigenvalue weighted by atomic mass is 35.5. The largest absolute Gasteiger partial charge is 0.279 e. The summed E-state index contributed by atoms with van der Waals surface area (Å²) >= 11 is 5.54. The molecule has 1 atom stereocenters. The van der Waals surface area contributed by atoms with Crippen molar-refractivity contribution in [1.29, 1.82) is 0 Å². The lowest BCUT2D eigenvalue weighted by Crippen LogP contribution is -2.41. The summed E-state index contributed by atoms with van der Waals surface area (Å²) in [6.45, 7) is 0. The van der Waals surface area contributed by atoms with Gasteiger partial charge in [-0.05, 0) is 29.1 Å². The lowest BCUT2D eigenvalue weighted by atomic mass is 10.1. The number of benzene rings is 2. The minimum Gasteiger partial charge on any atom is -0.279 e. The van der Waals surface area contributed by atoms with Gasteiger partial charge in [-0.3, -0.25) is 4.79 Å². The van der Waals surface area contributed by atoms with Crippen molar-refractivity contribution in [3.63, 3.8) is 0 Å². The molecule has 0 aliphatic heterocycles. The van der Waals surface area contributed by atoms with Gasteiger partial charge in [0.1, 0.15) is 0 Å². The standard InChI is InChI=1S/C16H16ClNO3S/c17-16(19)15(11-13-7-3-1-4-8-13)18-22(20,21)12-14-9-5-2-6-10-14/h1-10,15,18H,11-12H2/t15-/m0/s1. The third-order valence-corrected chi connectivity index (χ3v) is 4.70. The van der Waals surface area contributed by atoms with Gasteiger partial charge < -0.3 is 0 Å². The van der Waals surface area contributed by atoms with Crippen molar-refractivity contribution < 1.29 is 13.2 Å². The van der Waals surface area contributed by atoms with E-state index in [1.165, 1.54) is 0 Å². The third kappa shape index (κ3) is 5.26. The number of halogens is 1. The van der Waals surface area contributed by atoms with Gasteiger partial charge in [0.05, 0.1) is 11.8 Å². The summed E-state index contributed by atoms with van der Waals surface area (Å²) in [7, 11) is -3.65. The Kier molecular flexibility index (Phi) is 5.71. The monoisotopic (exact) mass is 337 g/mol. The molecule has 0 aliphatic rings. The number of nitrogens with one attached hydrogen (secondary N) is 1. The SMILES string of the molecule is O=C(Cl)[C@H](Cc1ccccc1)NS(=O)(=O)Cc1ccccc1. The quantitative estimate of drug-likeness (QED) is 0.789. The van der Waals surface area contributed by atoms with Gasteiger partial charge in [0, 0.05) is 0 Å². The zero-order valence-electron chi connectivity index (χ0n) is 11.8. The fraction of sp³-hybridized carbons (Fsp3) is 0.188. The molecule has 2 aromatic rings. The number of carbonyl (C=O) groups excluding carboxylic acids is 1. The van der Waals surface area contributed by atoms with Crippen LogP contribution in [0.4, 0.5) is 0 Å². The second-order valence-corrected chi connectivity index (χ2v) is 7.04. The topological polar surface area (TPSA) is 63.2 Å². The molecule has 0 radical (unpaired) electrons. The van der Waals surface area contributed by atoms with Crippen LogP contribution in [0, 0.1) is 0 Å². The predicted molar refractivity (Wildman–Crippen MR) is 87.0 cm³/mol. The molecule has 0 saturated carbocycles.